The molecule has 0 aromatic heterocycles. The molecule has 0 aliphatic carbocycles. The zero-order valence-corrected chi connectivity index (χ0v) is 33.9. The van der Waals surface area contributed by atoms with E-state index in [1.165, 1.54) is 0 Å². The molecule has 9 aromatic rings. The highest BCUT2D eigenvalue weighted by Crippen LogP contribution is 2.47. The summed E-state index contributed by atoms with van der Waals surface area (Å²) in [6, 6.07) is 84.4. The van der Waals surface area contributed by atoms with Gasteiger partial charge in [-0.25, -0.2) is 9.59 Å². The summed E-state index contributed by atoms with van der Waals surface area (Å²) in [7, 11) is 0. The Balaban J connectivity index is 0.930. The molecule has 9 rings (SSSR count). The van der Waals surface area contributed by atoms with Gasteiger partial charge in [-0.2, -0.15) is 0 Å². The molecule has 0 saturated carbocycles. The molecule has 9 aromatic carbocycles. The number of carbonyl (C=O) groups excluding carboxylic acids is 2. The first-order valence-corrected chi connectivity index (χ1v) is 20.7. The molecule has 0 bridgehead atoms. The maximum atomic E-state index is 13.4. The van der Waals surface area contributed by atoms with Gasteiger partial charge in [0.2, 0.25) is 0 Å². The average molecular weight is 803 g/mol. The lowest BCUT2D eigenvalue weighted by molar-refractivity contribution is 0.0720. The van der Waals surface area contributed by atoms with Crippen molar-refractivity contribution in [2.45, 2.75) is 10.8 Å². The molecule has 0 fully saturated rings. The van der Waals surface area contributed by atoms with E-state index in [0.717, 1.165) is 44.5 Å². The Kier molecular flexibility index (Phi) is 11.2. The van der Waals surface area contributed by atoms with Crippen molar-refractivity contribution in [3.63, 3.8) is 0 Å². The number of carbonyl (C=O) groups is 2. The van der Waals surface area contributed by atoms with Gasteiger partial charge in [0.1, 0.15) is 11.5 Å². The van der Waals surface area contributed by atoms with Crippen molar-refractivity contribution in [2.24, 2.45) is 0 Å². The standard InChI is InChI=1S/C58H42O4/c59-55(61-53-39-35-51(36-40-53)57(45-19-7-1-8-20-45,46-21-9-2-10-22-46)47-23-11-3-12-24-47)43-31-33-44(34-32-43)56(60)62-54-41-37-52(38-42-54)58(48-25-13-4-14-26-48,49-27-15-5-16-28-49)50-29-17-6-18-30-50/h1-42H. The van der Waals surface area contributed by atoms with Gasteiger partial charge in [0.25, 0.3) is 0 Å². The van der Waals surface area contributed by atoms with Crippen molar-refractivity contribution in [3.05, 3.63) is 310 Å². The molecule has 0 N–H and O–H groups in total. The lowest BCUT2D eigenvalue weighted by Gasteiger charge is -2.36. The highest BCUT2D eigenvalue weighted by atomic mass is 16.5. The molecule has 0 atom stereocenters. The number of esters is 2. The van der Waals surface area contributed by atoms with Crippen LogP contribution in [0.15, 0.2) is 255 Å². The number of rotatable bonds is 12. The Labute approximate surface area is 362 Å². The smallest absolute Gasteiger partial charge is 0.343 e. The molecule has 0 amide bonds. The van der Waals surface area contributed by atoms with Crippen LogP contribution in [0.4, 0.5) is 0 Å². The van der Waals surface area contributed by atoms with E-state index in [1.54, 1.807) is 24.3 Å². The van der Waals surface area contributed by atoms with Crippen LogP contribution in [0.3, 0.4) is 0 Å². The third kappa shape index (κ3) is 7.51. The summed E-state index contributed by atoms with van der Waals surface area (Å²) in [5, 5.41) is 0. The Hall–Kier alpha value is -8.08. The van der Waals surface area contributed by atoms with Gasteiger partial charge < -0.3 is 9.47 Å². The summed E-state index contributed by atoms with van der Waals surface area (Å²) in [5.74, 6) is -0.256. The molecule has 0 spiro atoms. The molecule has 0 unspecified atom stereocenters. The van der Waals surface area contributed by atoms with Crippen molar-refractivity contribution in [1.29, 1.82) is 0 Å². The first-order chi connectivity index (χ1) is 30.6. The van der Waals surface area contributed by atoms with Crippen LogP contribution in [0, 0.1) is 0 Å². The fourth-order valence-corrected chi connectivity index (χ4v) is 8.75. The van der Waals surface area contributed by atoms with E-state index >= 15 is 0 Å². The second kappa shape index (κ2) is 17.6. The lowest BCUT2D eigenvalue weighted by Crippen LogP contribution is -2.30. The molecule has 0 aliphatic rings. The Morgan fingerprint density at radius 1 is 0.242 bits per heavy atom. The van der Waals surface area contributed by atoms with E-state index in [0.29, 0.717) is 22.6 Å². The van der Waals surface area contributed by atoms with Gasteiger partial charge in [-0.05, 0) is 93.0 Å². The third-order valence-corrected chi connectivity index (χ3v) is 11.6. The normalized spacial score (nSPS) is 11.4. The topological polar surface area (TPSA) is 52.6 Å². The monoisotopic (exact) mass is 802 g/mol. The molecule has 0 aliphatic heterocycles. The van der Waals surface area contributed by atoms with Crippen LogP contribution in [-0.2, 0) is 10.8 Å². The van der Waals surface area contributed by atoms with Crippen LogP contribution >= 0.6 is 0 Å². The van der Waals surface area contributed by atoms with Gasteiger partial charge >= 0.3 is 11.9 Å². The van der Waals surface area contributed by atoms with Crippen LogP contribution in [0.2, 0.25) is 0 Å². The second-order valence-corrected chi connectivity index (χ2v) is 15.1. The highest BCUT2D eigenvalue weighted by molar-refractivity contribution is 5.95. The summed E-state index contributed by atoms with van der Waals surface area (Å²) in [6.07, 6.45) is 0. The average Bonchev–Trinajstić information content (AvgIpc) is 3.35. The van der Waals surface area contributed by atoms with Crippen molar-refractivity contribution in [1.82, 2.24) is 0 Å². The quantitative estimate of drug-likeness (QED) is 0.0701. The molecule has 0 saturated heterocycles. The summed E-state index contributed by atoms with van der Waals surface area (Å²) in [6.45, 7) is 0. The van der Waals surface area contributed by atoms with E-state index < -0.39 is 22.8 Å². The molecule has 62 heavy (non-hydrogen) atoms. The fourth-order valence-electron chi connectivity index (χ4n) is 8.75. The van der Waals surface area contributed by atoms with Crippen LogP contribution in [-0.4, -0.2) is 11.9 Å². The largest absolute Gasteiger partial charge is 0.423 e. The molecule has 4 nitrogen and oxygen atoms in total. The van der Waals surface area contributed by atoms with Gasteiger partial charge in [0.15, 0.2) is 0 Å². The Morgan fingerprint density at radius 3 is 0.645 bits per heavy atom. The van der Waals surface area contributed by atoms with Crippen molar-refractivity contribution in [2.75, 3.05) is 0 Å². The predicted molar refractivity (Wildman–Crippen MR) is 246 cm³/mol. The zero-order chi connectivity index (χ0) is 42.2. The summed E-state index contributed by atoms with van der Waals surface area (Å²) >= 11 is 0. The molecule has 298 valence electrons. The molecule has 0 radical (unpaired) electrons. The summed E-state index contributed by atoms with van der Waals surface area (Å²) in [5.41, 5.74) is 8.16. The van der Waals surface area contributed by atoms with E-state index in [9.17, 15) is 9.59 Å². The first kappa shape index (κ1) is 39.4. The minimum Gasteiger partial charge on any atom is -0.423 e. The van der Waals surface area contributed by atoms with Crippen molar-refractivity contribution < 1.29 is 19.1 Å². The predicted octanol–water partition coefficient (Wildman–Crippen LogP) is 12.9. The number of hydrogen-bond donors (Lipinski definition) is 0. The van der Waals surface area contributed by atoms with Gasteiger partial charge in [0, 0.05) is 0 Å². The van der Waals surface area contributed by atoms with Crippen LogP contribution in [0.5, 0.6) is 11.5 Å². The van der Waals surface area contributed by atoms with Crippen molar-refractivity contribution in [3.8, 4) is 11.5 Å². The van der Waals surface area contributed by atoms with Gasteiger partial charge in [-0.1, -0.05) is 206 Å². The van der Waals surface area contributed by atoms with Crippen LogP contribution < -0.4 is 9.47 Å². The van der Waals surface area contributed by atoms with Crippen LogP contribution in [0.1, 0.15) is 65.2 Å². The van der Waals surface area contributed by atoms with E-state index in [2.05, 4.69) is 146 Å². The SMILES string of the molecule is O=C(Oc1ccc(C(c2ccccc2)(c2ccccc2)c2ccccc2)cc1)c1ccc(C(=O)Oc2ccc(C(c3ccccc3)(c3ccccc3)c3ccccc3)cc2)cc1. The summed E-state index contributed by atoms with van der Waals surface area (Å²) in [4.78, 5) is 26.8. The number of ether oxygens (including phenoxy) is 2. The maximum Gasteiger partial charge on any atom is 0.343 e. The fraction of sp³-hybridized carbons (Fsp3) is 0.0345. The molecular formula is C58H42O4. The van der Waals surface area contributed by atoms with Gasteiger partial charge in [-0.15, -0.1) is 0 Å². The Bertz CT molecular complexity index is 2470. The van der Waals surface area contributed by atoms with E-state index in [1.807, 2.05) is 84.9 Å². The number of hydrogen-bond acceptors (Lipinski definition) is 4. The van der Waals surface area contributed by atoms with E-state index in [4.69, 9.17) is 9.47 Å². The zero-order valence-electron chi connectivity index (χ0n) is 33.9. The van der Waals surface area contributed by atoms with E-state index in [-0.39, 0.29) is 0 Å². The van der Waals surface area contributed by atoms with Crippen molar-refractivity contribution >= 4 is 11.9 Å². The molecule has 0 heterocycles. The Morgan fingerprint density at radius 2 is 0.435 bits per heavy atom. The highest BCUT2D eigenvalue weighted by Gasteiger charge is 2.39. The van der Waals surface area contributed by atoms with Gasteiger partial charge in [0.05, 0.1) is 22.0 Å². The molecule has 4 heteroatoms. The minimum absolute atomic E-state index is 0.307. The lowest BCUT2D eigenvalue weighted by atomic mass is 9.65. The third-order valence-electron chi connectivity index (χ3n) is 11.6. The van der Waals surface area contributed by atoms with Crippen LogP contribution in [0.25, 0.3) is 0 Å². The number of benzene rings is 9. The minimum atomic E-state index is -0.615. The maximum absolute atomic E-state index is 13.4. The first-order valence-electron chi connectivity index (χ1n) is 20.7. The summed E-state index contributed by atoms with van der Waals surface area (Å²) < 4.78 is 11.7. The second-order valence-electron chi connectivity index (χ2n) is 15.1. The molecular weight excluding hydrogens is 761 g/mol. The van der Waals surface area contributed by atoms with Gasteiger partial charge in [-0.3, -0.25) is 0 Å².